The molecule has 2 rings (SSSR count). The molecule has 0 bridgehead atoms. The van der Waals surface area contributed by atoms with Crippen LogP contribution in [0.5, 0.6) is 0 Å². The first-order valence-corrected chi connectivity index (χ1v) is 7.29. The van der Waals surface area contributed by atoms with E-state index in [-0.39, 0.29) is 18.1 Å². The maximum atomic E-state index is 12.1. The number of carbonyl (C=O) groups is 1. The van der Waals surface area contributed by atoms with Crippen LogP contribution in [0.1, 0.15) is 35.9 Å². The molecule has 7 heteroatoms. The number of nitrogens with two attached hydrogens (primary N) is 1. The van der Waals surface area contributed by atoms with Crippen molar-refractivity contribution in [3.63, 3.8) is 0 Å². The van der Waals surface area contributed by atoms with Crippen LogP contribution in [-0.2, 0) is 4.74 Å². The highest BCUT2D eigenvalue weighted by atomic mass is 32.1. The Hall–Kier alpha value is -1.34. The normalized spacial score (nSPS) is 22.4. The molecule has 1 aliphatic carbocycles. The van der Waals surface area contributed by atoms with Crippen molar-refractivity contribution in [2.24, 2.45) is 0 Å². The van der Waals surface area contributed by atoms with Gasteiger partial charge in [0.15, 0.2) is 5.13 Å². The van der Waals surface area contributed by atoms with Gasteiger partial charge in [0, 0.05) is 19.7 Å². The summed E-state index contributed by atoms with van der Waals surface area (Å²) in [5.74, 6) is 0.153. The minimum absolute atomic E-state index is 0.138. The number of carbonyl (C=O) groups excluding carboxylic acids is 1. The second kappa shape index (κ2) is 6.21. The molecular formula is C12H20N4O2S. The molecule has 1 amide bonds. The van der Waals surface area contributed by atoms with Gasteiger partial charge in [-0.05, 0) is 26.2 Å². The molecule has 0 aliphatic heterocycles. The zero-order valence-corrected chi connectivity index (χ0v) is 12.0. The van der Waals surface area contributed by atoms with Crippen molar-refractivity contribution in [3.05, 3.63) is 4.88 Å². The van der Waals surface area contributed by atoms with Crippen LogP contribution in [0.15, 0.2) is 0 Å². The van der Waals surface area contributed by atoms with Crippen molar-refractivity contribution in [1.82, 2.24) is 10.3 Å². The number of nitrogen functional groups attached to an aromatic ring is 1. The molecular weight excluding hydrogens is 264 g/mol. The van der Waals surface area contributed by atoms with Crippen LogP contribution in [0.3, 0.4) is 0 Å². The Morgan fingerprint density at radius 3 is 3.00 bits per heavy atom. The van der Waals surface area contributed by atoms with Crippen molar-refractivity contribution >= 4 is 28.2 Å². The standard InChI is InChI=1S/C12H20N4O2S/c1-3-14-12-16-10(13)9(19-12)11(17)15-7-4-5-8(6-7)18-2/h7-8H,3-6,13H2,1-2H3,(H,14,16)(H,15,17). The van der Waals surface area contributed by atoms with Crippen LogP contribution >= 0.6 is 11.3 Å². The molecule has 6 nitrogen and oxygen atoms in total. The average Bonchev–Trinajstić information content (AvgIpc) is 2.96. The van der Waals surface area contributed by atoms with Crippen LogP contribution in [0, 0.1) is 0 Å². The molecule has 0 spiro atoms. The number of ether oxygens (including phenoxy) is 1. The first-order chi connectivity index (χ1) is 9.13. The third-order valence-electron chi connectivity index (χ3n) is 3.24. The number of nitrogens with zero attached hydrogens (tertiary/aromatic N) is 1. The Morgan fingerprint density at radius 2 is 2.37 bits per heavy atom. The molecule has 1 aliphatic rings. The van der Waals surface area contributed by atoms with Crippen molar-refractivity contribution < 1.29 is 9.53 Å². The summed E-state index contributed by atoms with van der Waals surface area (Å²) in [6.45, 7) is 2.73. The lowest BCUT2D eigenvalue weighted by atomic mass is 10.2. The molecule has 1 heterocycles. The largest absolute Gasteiger partial charge is 0.382 e. The number of methoxy groups -OCH3 is 1. The maximum absolute atomic E-state index is 12.1. The quantitative estimate of drug-likeness (QED) is 0.761. The number of nitrogens with one attached hydrogen (secondary N) is 2. The molecule has 4 N–H and O–H groups in total. The molecule has 1 saturated carbocycles. The first-order valence-electron chi connectivity index (χ1n) is 6.47. The molecule has 2 atom stereocenters. The third-order valence-corrected chi connectivity index (χ3v) is 4.27. The lowest BCUT2D eigenvalue weighted by Gasteiger charge is -2.12. The highest BCUT2D eigenvalue weighted by Crippen LogP contribution is 2.26. The molecule has 1 aromatic heterocycles. The monoisotopic (exact) mass is 284 g/mol. The summed E-state index contributed by atoms with van der Waals surface area (Å²) in [6.07, 6.45) is 3.05. The summed E-state index contributed by atoms with van der Waals surface area (Å²) in [7, 11) is 1.71. The number of hydrogen-bond donors (Lipinski definition) is 3. The van der Waals surface area contributed by atoms with Crippen molar-refractivity contribution in [1.29, 1.82) is 0 Å². The summed E-state index contributed by atoms with van der Waals surface area (Å²) in [5.41, 5.74) is 5.77. The third kappa shape index (κ3) is 3.36. The van der Waals surface area contributed by atoms with E-state index in [1.807, 2.05) is 6.92 Å². The van der Waals surface area contributed by atoms with Crippen molar-refractivity contribution in [2.45, 2.75) is 38.3 Å². The summed E-state index contributed by atoms with van der Waals surface area (Å²) >= 11 is 1.29. The highest BCUT2D eigenvalue weighted by Gasteiger charge is 2.27. The van der Waals surface area contributed by atoms with Gasteiger partial charge in [0.05, 0.1) is 6.10 Å². The van der Waals surface area contributed by atoms with Crippen molar-refractivity contribution in [2.75, 3.05) is 24.7 Å². The number of anilines is 2. The van der Waals surface area contributed by atoms with Gasteiger partial charge in [-0.2, -0.15) is 0 Å². The summed E-state index contributed by atoms with van der Waals surface area (Å²) in [6, 6.07) is 0.168. The SMILES string of the molecule is CCNc1nc(N)c(C(=O)NC2CCC(OC)C2)s1. The van der Waals surface area contributed by atoms with E-state index in [2.05, 4.69) is 15.6 Å². The average molecular weight is 284 g/mol. The molecule has 1 fully saturated rings. The molecule has 106 valence electrons. The van der Waals surface area contributed by atoms with E-state index in [0.717, 1.165) is 25.8 Å². The predicted molar refractivity (Wildman–Crippen MR) is 76.6 cm³/mol. The molecule has 1 aromatic rings. The second-order valence-electron chi connectivity index (χ2n) is 4.60. The van der Waals surface area contributed by atoms with E-state index in [9.17, 15) is 4.79 Å². The van der Waals surface area contributed by atoms with E-state index < -0.39 is 0 Å². The van der Waals surface area contributed by atoms with Gasteiger partial charge < -0.3 is 21.1 Å². The summed E-state index contributed by atoms with van der Waals surface area (Å²) < 4.78 is 5.29. The van der Waals surface area contributed by atoms with E-state index in [4.69, 9.17) is 10.5 Å². The number of hydrogen-bond acceptors (Lipinski definition) is 6. The Bertz CT molecular complexity index is 449. The lowest BCUT2D eigenvalue weighted by molar-refractivity contribution is 0.0919. The van der Waals surface area contributed by atoms with E-state index in [1.54, 1.807) is 7.11 Å². The fourth-order valence-corrected chi connectivity index (χ4v) is 3.11. The molecule has 2 unspecified atom stereocenters. The smallest absolute Gasteiger partial charge is 0.265 e. The number of aromatic nitrogens is 1. The molecule has 19 heavy (non-hydrogen) atoms. The minimum Gasteiger partial charge on any atom is -0.382 e. The van der Waals surface area contributed by atoms with Gasteiger partial charge in [-0.3, -0.25) is 4.79 Å². The fraction of sp³-hybridized carbons (Fsp3) is 0.667. The van der Waals surface area contributed by atoms with Gasteiger partial charge in [0.1, 0.15) is 10.7 Å². The van der Waals surface area contributed by atoms with E-state index in [0.29, 0.717) is 15.8 Å². The number of rotatable bonds is 5. The Balaban J connectivity index is 1.96. The topological polar surface area (TPSA) is 89.3 Å². The Kier molecular flexibility index (Phi) is 4.60. The second-order valence-corrected chi connectivity index (χ2v) is 5.60. The maximum Gasteiger partial charge on any atom is 0.265 e. The Morgan fingerprint density at radius 1 is 1.58 bits per heavy atom. The van der Waals surface area contributed by atoms with Gasteiger partial charge in [0.2, 0.25) is 0 Å². The zero-order valence-electron chi connectivity index (χ0n) is 11.2. The zero-order chi connectivity index (χ0) is 13.8. The minimum atomic E-state index is -0.138. The van der Waals surface area contributed by atoms with E-state index in [1.165, 1.54) is 11.3 Å². The van der Waals surface area contributed by atoms with Gasteiger partial charge >= 0.3 is 0 Å². The first kappa shape index (κ1) is 14.1. The lowest BCUT2D eigenvalue weighted by Crippen LogP contribution is -2.33. The molecule has 0 aromatic carbocycles. The van der Waals surface area contributed by atoms with Gasteiger partial charge in [0.25, 0.3) is 5.91 Å². The molecule has 0 saturated heterocycles. The Labute approximate surface area is 116 Å². The van der Waals surface area contributed by atoms with Crippen LogP contribution < -0.4 is 16.4 Å². The predicted octanol–water partition coefficient (Wildman–Crippen LogP) is 1.45. The molecule has 0 radical (unpaired) electrons. The fourth-order valence-electron chi connectivity index (χ4n) is 2.26. The van der Waals surface area contributed by atoms with Crippen molar-refractivity contribution in [3.8, 4) is 0 Å². The van der Waals surface area contributed by atoms with Gasteiger partial charge in [-0.1, -0.05) is 11.3 Å². The van der Waals surface area contributed by atoms with Crippen LogP contribution in [0.2, 0.25) is 0 Å². The summed E-state index contributed by atoms with van der Waals surface area (Å²) in [4.78, 5) is 16.8. The van der Waals surface area contributed by atoms with Crippen LogP contribution in [0.25, 0.3) is 0 Å². The van der Waals surface area contributed by atoms with Crippen LogP contribution in [0.4, 0.5) is 10.9 Å². The van der Waals surface area contributed by atoms with E-state index >= 15 is 0 Å². The van der Waals surface area contributed by atoms with Crippen LogP contribution in [-0.4, -0.2) is 36.7 Å². The number of amides is 1. The summed E-state index contributed by atoms with van der Waals surface area (Å²) in [5, 5.41) is 6.75. The highest BCUT2D eigenvalue weighted by molar-refractivity contribution is 7.18. The van der Waals surface area contributed by atoms with Gasteiger partial charge in [-0.25, -0.2) is 4.98 Å². The number of thiazole rings is 1. The van der Waals surface area contributed by atoms with Gasteiger partial charge in [-0.15, -0.1) is 0 Å².